The Bertz CT molecular complexity index is 657. The first kappa shape index (κ1) is 17.1. The number of carbonyl (C=O) groups is 1. The first-order valence-corrected chi connectivity index (χ1v) is 7.59. The Morgan fingerprint density at radius 1 is 1.43 bits per heavy atom. The fourth-order valence-electron chi connectivity index (χ4n) is 1.52. The molecule has 8 nitrogen and oxygen atoms in total. The van der Waals surface area contributed by atoms with Crippen molar-refractivity contribution in [1.29, 1.82) is 0 Å². The average molecular weight is 316 g/mol. The van der Waals surface area contributed by atoms with Crippen molar-refractivity contribution >= 4 is 21.7 Å². The number of hydrogen-bond acceptors (Lipinski definition) is 5. The number of nitro groups is 1. The van der Waals surface area contributed by atoms with E-state index in [1.54, 1.807) is 6.92 Å². The van der Waals surface area contributed by atoms with E-state index in [-0.39, 0.29) is 13.0 Å². The SMILES string of the molecule is CCC(C)(CNS(=O)(=O)c1ccccc1[N+](=O)[O-])C(=O)O. The molecule has 0 aliphatic rings. The highest BCUT2D eigenvalue weighted by molar-refractivity contribution is 7.89. The summed E-state index contributed by atoms with van der Waals surface area (Å²) in [6.07, 6.45) is 0.210. The van der Waals surface area contributed by atoms with Gasteiger partial charge in [-0.25, -0.2) is 13.1 Å². The van der Waals surface area contributed by atoms with Crippen molar-refractivity contribution in [2.24, 2.45) is 5.41 Å². The van der Waals surface area contributed by atoms with Gasteiger partial charge in [-0.1, -0.05) is 19.1 Å². The van der Waals surface area contributed by atoms with E-state index in [1.807, 2.05) is 0 Å². The summed E-state index contributed by atoms with van der Waals surface area (Å²) in [6, 6.07) is 4.89. The lowest BCUT2D eigenvalue weighted by Crippen LogP contribution is -2.40. The van der Waals surface area contributed by atoms with E-state index in [0.717, 1.165) is 12.1 Å². The highest BCUT2D eigenvalue weighted by Crippen LogP contribution is 2.25. The van der Waals surface area contributed by atoms with Gasteiger partial charge in [0.2, 0.25) is 10.0 Å². The van der Waals surface area contributed by atoms with E-state index >= 15 is 0 Å². The number of rotatable bonds is 7. The van der Waals surface area contributed by atoms with Crippen LogP contribution in [-0.2, 0) is 14.8 Å². The minimum Gasteiger partial charge on any atom is -0.481 e. The van der Waals surface area contributed by atoms with Gasteiger partial charge in [0.25, 0.3) is 5.69 Å². The first-order valence-electron chi connectivity index (χ1n) is 6.10. The molecule has 21 heavy (non-hydrogen) atoms. The molecule has 0 spiro atoms. The van der Waals surface area contributed by atoms with Crippen molar-refractivity contribution < 1.29 is 23.2 Å². The molecule has 116 valence electrons. The molecule has 1 aromatic rings. The van der Waals surface area contributed by atoms with Crippen molar-refractivity contribution in [3.05, 3.63) is 34.4 Å². The van der Waals surface area contributed by atoms with Gasteiger partial charge in [-0.3, -0.25) is 14.9 Å². The molecular weight excluding hydrogens is 300 g/mol. The molecule has 0 saturated heterocycles. The molecular formula is C12H16N2O6S. The fourth-order valence-corrected chi connectivity index (χ4v) is 2.86. The third kappa shape index (κ3) is 3.76. The van der Waals surface area contributed by atoms with Crippen LogP contribution in [0.2, 0.25) is 0 Å². The summed E-state index contributed by atoms with van der Waals surface area (Å²) >= 11 is 0. The van der Waals surface area contributed by atoms with Crippen LogP contribution in [0.15, 0.2) is 29.2 Å². The Morgan fingerprint density at radius 3 is 2.48 bits per heavy atom. The summed E-state index contributed by atoms with van der Waals surface area (Å²) in [6.45, 7) is 2.66. The van der Waals surface area contributed by atoms with Crippen molar-refractivity contribution in [3.8, 4) is 0 Å². The zero-order chi connectivity index (χ0) is 16.3. The van der Waals surface area contributed by atoms with Gasteiger partial charge in [0.05, 0.1) is 10.3 Å². The van der Waals surface area contributed by atoms with Crippen LogP contribution in [0, 0.1) is 15.5 Å². The van der Waals surface area contributed by atoms with E-state index in [0.29, 0.717) is 0 Å². The number of nitro benzene ring substituents is 1. The Hall–Kier alpha value is -2.00. The summed E-state index contributed by atoms with van der Waals surface area (Å²) < 4.78 is 26.4. The molecule has 0 heterocycles. The van der Waals surface area contributed by atoms with E-state index in [9.17, 15) is 23.3 Å². The Labute approximate surface area is 122 Å². The van der Waals surface area contributed by atoms with Crippen LogP contribution in [0.4, 0.5) is 5.69 Å². The lowest BCUT2D eigenvalue weighted by molar-refractivity contribution is -0.387. The van der Waals surface area contributed by atoms with Gasteiger partial charge in [0, 0.05) is 12.6 Å². The maximum Gasteiger partial charge on any atom is 0.310 e. The van der Waals surface area contributed by atoms with Gasteiger partial charge in [0.1, 0.15) is 0 Å². The van der Waals surface area contributed by atoms with Crippen molar-refractivity contribution in [2.75, 3.05) is 6.54 Å². The fraction of sp³-hybridized carbons (Fsp3) is 0.417. The van der Waals surface area contributed by atoms with E-state index in [4.69, 9.17) is 5.11 Å². The Balaban J connectivity index is 3.09. The molecule has 0 aromatic heterocycles. The molecule has 9 heteroatoms. The van der Waals surface area contributed by atoms with Crippen molar-refractivity contribution in [1.82, 2.24) is 4.72 Å². The lowest BCUT2D eigenvalue weighted by atomic mass is 9.88. The number of aliphatic carboxylic acids is 1. The van der Waals surface area contributed by atoms with E-state index in [1.165, 1.54) is 19.1 Å². The van der Waals surface area contributed by atoms with E-state index in [2.05, 4.69) is 4.72 Å². The maximum absolute atomic E-state index is 12.1. The lowest BCUT2D eigenvalue weighted by Gasteiger charge is -2.23. The van der Waals surface area contributed by atoms with Gasteiger partial charge >= 0.3 is 5.97 Å². The molecule has 2 N–H and O–H groups in total. The van der Waals surface area contributed by atoms with Gasteiger partial charge in [-0.15, -0.1) is 0 Å². The number of hydrogen-bond donors (Lipinski definition) is 2. The number of para-hydroxylation sites is 1. The second kappa shape index (κ2) is 6.19. The molecule has 0 amide bonds. The first-order chi connectivity index (χ1) is 9.64. The number of sulfonamides is 1. The Kier molecular flexibility index (Phi) is 5.02. The van der Waals surface area contributed by atoms with Crippen LogP contribution >= 0.6 is 0 Å². The quantitative estimate of drug-likeness (QED) is 0.578. The number of nitrogens with zero attached hydrogens (tertiary/aromatic N) is 1. The number of carboxylic acids is 1. The van der Waals surface area contributed by atoms with Crippen LogP contribution in [0.3, 0.4) is 0 Å². The zero-order valence-corrected chi connectivity index (χ0v) is 12.4. The topological polar surface area (TPSA) is 127 Å². The zero-order valence-electron chi connectivity index (χ0n) is 11.6. The summed E-state index contributed by atoms with van der Waals surface area (Å²) in [5.74, 6) is -1.14. The molecule has 0 radical (unpaired) electrons. The van der Waals surface area contributed by atoms with Gasteiger partial charge in [0.15, 0.2) is 4.90 Å². The van der Waals surface area contributed by atoms with E-state index < -0.39 is 36.9 Å². The van der Waals surface area contributed by atoms with Crippen LogP contribution in [-0.4, -0.2) is 31.0 Å². The van der Waals surface area contributed by atoms with Crippen LogP contribution in [0.5, 0.6) is 0 Å². The predicted octanol–water partition coefficient (Wildman–Crippen LogP) is 1.37. The minimum absolute atomic E-state index is 0.210. The van der Waals surface area contributed by atoms with Crippen LogP contribution in [0.25, 0.3) is 0 Å². The molecule has 0 aliphatic heterocycles. The third-order valence-electron chi connectivity index (χ3n) is 3.30. The monoisotopic (exact) mass is 316 g/mol. The van der Waals surface area contributed by atoms with Crippen molar-refractivity contribution in [2.45, 2.75) is 25.2 Å². The summed E-state index contributed by atoms with van der Waals surface area (Å²) in [5, 5.41) is 20.0. The largest absolute Gasteiger partial charge is 0.481 e. The van der Waals surface area contributed by atoms with Crippen molar-refractivity contribution in [3.63, 3.8) is 0 Å². The third-order valence-corrected chi connectivity index (χ3v) is 4.75. The molecule has 1 atom stereocenters. The standard InChI is InChI=1S/C12H16N2O6S/c1-3-12(2,11(15)16)8-13-21(19,20)10-7-5-4-6-9(10)14(17)18/h4-7,13H,3,8H2,1-2H3,(H,15,16). The highest BCUT2D eigenvalue weighted by Gasteiger charge is 2.34. The molecule has 0 fully saturated rings. The van der Waals surface area contributed by atoms with Gasteiger partial charge in [-0.2, -0.15) is 0 Å². The maximum atomic E-state index is 12.1. The Morgan fingerprint density at radius 2 is 2.00 bits per heavy atom. The summed E-state index contributed by atoms with van der Waals surface area (Å²) in [4.78, 5) is 20.7. The minimum atomic E-state index is -4.17. The second-order valence-corrected chi connectivity index (χ2v) is 6.50. The summed E-state index contributed by atoms with van der Waals surface area (Å²) in [7, 11) is -4.17. The number of benzene rings is 1. The van der Waals surface area contributed by atoms with Gasteiger partial charge in [-0.05, 0) is 19.4 Å². The highest BCUT2D eigenvalue weighted by atomic mass is 32.2. The molecule has 0 bridgehead atoms. The normalized spacial score (nSPS) is 14.4. The molecule has 1 unspecified atom stereocenters. The van der Waals surface area contributed by atoms with Gasteiger partial charge < -0.3 is 5.11 Å². The number of carboxylic acid groups (broad SMARTS) is 1. The van der Waals surface area contributed by atoms with Crippen LogP contribution in [0.1, 0.15) is 20.3 Å². The molecule has 1 rings (SSSR count). The molecule has 1 aromatic carbocycles. The smallest absolute Gasteiger partial charge is 0.310 e. The number of nitrogens with one attached hydrogen (secondary N) is 1. The second-order valence-electron chi connectivity index (χ2n) is 4.77. The molecule has 0 aliphatic carbocycles. The summed E-state index contributed by atoms with van der Waals surface area (Å²) in [5.41, 5.74) is -1.84. The average Bonchev–Trinajstić information content (AvgIpc) is 2.44. The predicted molar refractivity (Wildman–Crippen MR) is 74.3 cm³/mol. The van der Waals surface area contributed by atoms with Crippen LogP contribution < -0.4 is 4.72 Å². The molecule has 0 saturated carbocycles.